The second-order valence-corrected chi connectivity index (χ2v) is 6.08. The maximum atomic E-state index is 11.1. The molecule has 0 aliphatic heterocycles. The van der Waals surface area contributed by atoms with Crippen LogP contribution in [0.25, 0.3) is 0 Å². The molecule has 0 fully saturated rings. The quantitative estimate of drug-likeness (QED) is 0.626. The lowest BCUT2D eigenvalue weighted by molar-refractivity contribution is -0.114. The smallest absolute Gasteiger partial charge is 0.221 e. The van der Waals surface area contributed by atoms with Crippen molar-refractivity contribution >= 4 is 51.9 Å². The molecule has 0 radical (unpaired) electrons. The van der Waals surface area contributed by atoms with Gasteiger partial charge in [-0.05, 0) is 42.5 Å². The molecule has 3 N–H and O–H groups in total. The number of carbonyl (C=O) groups excluding carboxylic acids is 1. The topological polar surface area (TPSA) is 95.4 Å². The number of halogens is 1. The van der Waals surface area contributed by atoms with Crippen LogP contribution < -0.4 is 25.4 Å². The van der Waals surface area contributed by atoms with Crippen LogP contribution in [0.3, 0.4) is 0 Å². The van der Waals surface area contributed by atoms with Gasteiger partial charge in [-0.1, -0.05) is 11.6 Å². The molecule has 0 unspecified atom stereocenters. The highest BCUT2D eigenvalue weighted by atomic mass is 35.5. The Morgan fingerprint density at radius 3 is 2.33 bits per heavy atom. The molecular weight excluding hydrogens is 388 g/mol. The fourth-order valence-corrected chi connectivity index (χ4v) is 2.61. The third-order valence-corrected chi connectivity index (χ3v) is 3.76. The molecule has 2 rings (SSSR count). The molecule has 0 heterocycles. The van der Waals surface area contributed by atoms with Crippen LogP contribution >= 0.6 is 23.8 Å². The summed E-state index contributed by atoms with van der Waals surface area (Å²) >= 11 is 11.5. The Kier molecular flexibility index (Phi) is 7.23. The van der Waals surface area contributed by atoms with Crippen LogP contribution in [0.2, 0.25) is 5.02 Å². The van der Waals surface area contributed by atoms with Gasteiger partial charge in [0.05, 0.1) is 17.8 Å². The van der Waals surface area contributed by atoms with Crippen LogP contribution in [-0.4, -0.2) is 24.7 Å². The summed E-state index contributed by atoms with van der Waals surface area (Å²) < 4.78 is 10.6. The van der Waals surface area contributed by atoms with E-state index in [9.17, 15) is 4.79 Å². The molecule has 0 saturated carbocycles. The van der Waals surface area contributed by atoms with Crippen molar-refractivity contribution in [3.05, 3.63) is 41.4 Å². The van der Waals surface area contributed by atoms with E-state index < -0.39 is 0 Å². The van der Waals surface area contributed by atoms with E-state index in [2.05, 4.69) is 16.0 Å². The van der Waals surface area contributed by atoms with Crippen LogP contribution in [0.4, 0.5) is 17.1 Å². The SMILES string of the molecule is COc1cc(OCC#N)c(NC(=S)Nc2ccc(NC(C)=O)cc2)cc1Cl. The van der Waals surface area contributed by atoms with Crippen LogP contribution in [0.15, 0.2) is 36.4 Å². The number of carbonyl (C=O) groups is 1. The molecule has 0 saturated heterocycles. The van der Waals surface area contributed by atoms with Crippen LogP contribution in [-0.2, 0) is 4.79 Å². The summed E-state index contributed by atoms with van der Waals surface area (Å²) in [5.41, 5.74) is 1.89. The van der Waals surface area contributed by atoms with Crippen molar-refractivity contribution in [1.29, 1.82) is 5.26 Å². The van der Waals surface area contributed by atoms with Crippen molar-refractivity contribution in [2.75, 3.05) is 29.7 Å². The average molecular weight is 405 g/mol. The number of nitrogens with zero attached hydrogens (tertiary/aromatic N) is 1. The minimum Gasteiger partial charge on any atom is -0.495 e. The lowest BCUT2D eigenvalue weighted by Gasteiger charge is -2.16. The first-order valence-corrected chi connectivity index (χ1v) is 8.54. The Balaban J connectivity index is 2.11. The first kappa shape index (κ1) is 20.3. The minimum absolute atomic E-state index is 0.135. The second kappa shape index (κ2) is 9.62. The molecule has 0 atom stereocenters. The summed E-state index contributed by atoms with van der Waals surface area (Å²) in [4.78, 5) is 11.1. The number of rotatable bonds is 6. The molecule has 2 aromatic rings. The van der Waals surface area contributed by atoms with E-state index in [1.54, 1.807) is 36.4 Å². The van der Waals surface area contributed by atoms with E-state index in [0.29, 0.717) is 33.0 Å². The Morgan fingerprint density at radius 1 is 1.15 bits per heavy atom. The summed E-state index contributed by atoms with van der Waals surface area (Å²) in [5, 5.41) is 18.1. The van der Waals surface area contributed by atoms with E-state index in [1.807, 2.05) is 6.07 Å². The van der Waals surface area contributed by atoms with Crippen molar-refractivity contribution in [2.24, 2.45) is 0 Å². The second-order valence-electron chi connectivity index (χ2n) is 5.27. The molecule has 0 spiro atoms. The number of methoxy groups -OCH3 is 1. The van der Waals surface area contributed by atoms with E-state index in [1.165, 1.54) is 14.0 Å². The summed E-state index contributed by atoms with van der Waals surface area (Å²) in [6.45, 7) is 1.31. The normalized spacial score (nSPS) is 9.70. The number of amides is 1. The molecule has 0 aromatic heterocycles. The summed E-state index contributed by atoms with van der Waals surface area (Å²) in [6.07, 6.45) is 0. The van der Waals surface area contributed by atoms with Gasteiger partial charge in [-0.3, -0.25) is 4.79 Å². The largest absolute Gasteiger partial charge is 0.495 e. The highest BCUT2D eigenvalue weighted by Gasteiger charge is 2.12. The standard InChI is InChI=1S/C18H17ClN4O3S/c1-11(24)21-12-3-5-13(6-4-12)22-18(27)23-15-9-14(19)16(25-2)10-17(15)26-8-7-20/h3-6,9-10H,8H2,1-2H3,(H,21,24)(H2,22,23,27). The van der Waals surface area contributed by atoms with Crippen molar-refractivity contribution in [2.45, 2.75) is 6.92 Å². The molecule has 0 bridgehead atoms. The van der Waals surface area contributed by atoms with Gasteiger partial charge in [0.25, 0.3) is 0 Å². The monoisotopic (exact) mass is 404 g/mol. The molecule has 1 amide bonds. The number of thiocarbonyl (C=S) groups is 1. The first-order valence-electron chi connectivity index (χ1n) is 7.76. The molecule has 140 valence electrons. The summed E-state index contributed by atoms with van der Waals surface area (Å²) in [5.74, 6) is 0.653. The van der Waals surface area contributed by atoms with Gasteiger partial charge in [0.1, 0.15) is 17.6 Å². The number of ether oxygens (including phenoxy) is 2. The van der Waals surface area contributed by atoms with Gasteiger partial charge < -0.3 is 25.4 Å². The Morgan fingerprint density at radius 2 is 1.78 bits per heavy atom. The van der Waals surface area contributed by atoms with Crippen molar-refractivity contribution in [3.63, 3.8) is 0 Å². The number of anilines is 3. The van der Waals surface area contributed by atoms with E-state index >= 15 is 0 Å². The molecule has 7 nitrogen and oxygen atoms in total. The van der Waals surface area contributed by atoms with Crippen LogP contribution in [0, 0.1) is 11.3 Å². The zero-order valence-corrected chi connectivity index (χ0v) is 16.2. The number of benzene rings is 2. The molecule has 27 heavy (non-hydrogen) atoms. The fourth-order valence-electron chi connectivity index (χ4n) is 2.14. The molecule has 0 aliphatic carbocycles. The third-order valence-electron chi connectivity index (χ3n) is 3.26. The van der Waals surface area contributed by atoms with E-state index in [4.69, 9.17) is 38.6 Å². The molecular formula is C18H17ClN4O3S. The molecule has 0 aliphatic rings. The number of nitrogens with one attached hydrogen (secondary N) is 3. The number of hydrogen-bond acceptors (Lipinski definition) is 5. The summed E-state index contributed by atoms with van der Waals surface area (Å²) in [7, 11) is 1.49. The predicted octanol–water partition coefficient (Wildman–Crippen LogP) is 4.02. The van der Waals surface area contributed by atoms with E-state index in [-0.39, 0.29) is 12.5 Å². The Labute approximate surface area is 167 Å². The highest BCUT2D eigenvalue weighted by Crippen LogP contribution is 2.36. The molecule has 2 aromatic carbocycles. The van der Waals surface area contributed by atoms with Gasteiger partial charge in [0.15, 0.2) is 11.7 Å². The van der Waals surface area contributed by atoms with E-state index in [0.717, 1.165) is 5.69 Å². The van der Waals surface area contributed by atoms with Crippen molar-refractivity contribution in [1.82, 2.24) is 0 Å². The fraction of sp³-hybridized carbons (Fsp3) is 0.167. The minimum atomic E-state index is -0.144. The van der Waals surface area contributed by atoms with Crippen LogP contribution in [0.1, 0.15) is 6.92 Å². The van der Waals surface area contributed by atoms with Gasteiger partial charge in [0.2, 0.25) is 5.91 Å². The lowest BCUT2D eigenvalue weighted by Crippen LogP contribution is -2.19. The number of hydrogen-bond donors (Lipinski definition) is 3. The first-order chi connectivity index (χ1) is 12.9. The predicted molar refractivity (Wildman–Crippen MR) is 110 cm³/mol. The zero-order chi connectivity index (χ0) is 19.8. The highest BCUT2D eigenvalue weighted by molar-refractivity contribution is 7.80. The maximum absolute atomic E-state index is 11.1. The van der Waals surface area contributed by atoms with Gasteiger partial charge >= 0.3 is 0 Å². The van der Waals surface area contributed by atoms with Gasteiger partial charge in [-0.15, -0.1) is 0 Å². The third kappa shape index (κ3) is 6.02. The average Bonchev–Trinajstić information content (AvgIpc) is 2.62. The van der Waals surface area contributed by atoms with Crippen molar-refractivity contribution in [3.8, 4) is 17.6 Å². The van der Waals surface area contributed by atoms with Gasteiger partial charge in [0, 0.05) is 24.4 Å². The Bertz CT molecular complexity index is 881. The summed E-state index contributed by atoms with van der Waals surface area (Å²) in [6, 6.07) is 12.1. The zero-order valence-electron chi connectivity index (χ0n) is 14.6. The molecule has 9 heteroatoms. The van der Waals surface area contributed by atoms with Crippen LogP contribution in [0.5, 0.6) is 11.5 Å². The van der Waals surface area contributed by atoms with Gasteiger partial charge in [-0.25, -0.2) is 0 Å². The van der Waals surface area contributed by atoms with Crippen molar-refractivity contribution < 1.29 is 14.3 Å². The lowest BCUT2D eigenvalue weighted by atomic mass is 10.2. The van der Waals surface area contributed by atoms with Gasteiger partial charge in [-0.2, -0.15) is 5.26 Å². The number of nitriles is 1. The maximum Gasteiger partial charge on any atom is 0.221 e. The Hall–Kier alpha value is -3.02.